The Morgan fingerprint density at radius 2 is 2.18 bits per heavy atom. The molecule has 1 aliphatic rings. The standard InChI is InChI=1S/C14H19N3O5/c1-3-22-13-5-11(17(19)20)10(4-12(13)21-2)14(18)16-8-9-6-15-7-9/h4-5,9,15H,3,6-8H2,1-2H3,(H,16,18). The average molecular weight is 309 g/mol. The molecule has 0 unspecified atom stereocenters. The zero-order valence-corrected chi connectivity index (χ0v) is 12.5. The first-order chi connectivity index (χ1) is 10.6. The molecule has 2 N–H and O–H groups in total. The number of amides is 1. The molecule has 0 aliphatic carbocycles. The summed E-state index contributed by atoms with van der Waals surface area (Å²) in [5.74, 6) is 0.423. The Hall–Kier alpha value is -2.35. The highest BCUT2D eigenvalue weighted by atomic mass is 16.6. The summed E-state index contributed by atoms with van der Waals surface area (Å²) < 4.78 is 10.5. The van der Waals surface area contributed by atoms with Crippen LogP contribution in [-0.4, -0.2) is 44.2 Å². The minimum absolute atomic E-state index is 0.0300. The van der Waals surface area contributed by atoms with E-state index in [1.807, 2.05) is 0 Å². The van der Waals surface area contributed by atoms with Gasteiger partial charge in [-0.15, -0.1) is 0 Å². The molecule has 0 atom stereocenters. The Kier molecular flexibility index (Phi) is 5.16. The van der Waals surface area contributed by atoms with Crippen molar-refractivity contribution < 1.29 is 19.2 Å². The Morgan fingerprint density at radius 3 is 2.68 bits per heavy atom. The molecule has 0 bridgehead atoms. The lowest BCUT2D eigenvalue weighted by Crippen LogP contribution is -2.48. The minimum atomic E-state index is -0.595. The Labute approximate surface area is 127 Å². The predicted octanol–water partition coefficient (Wildman–Crippen LogP) is 0.951. The number of carbonyl (C=O) groups is 1. The van der Waals surface area contributed by atoms with E-state index in [0.717, 1.165) is 13.1 Å². The molecule has 0 aromatic heterocycles. The molecular weight excluding hydrogens is 290 g/mol. The molecule has 1 heterocycles. The van der Waals surface area contributed by atoms with Crippen LogP contribution in [0.25, 0.3) is 0 Å². The minimum Gasteiger partial charge on any atom is -0.493 e. The number of methoxy groups -OCH3 is 1. The molecule has 0 radical (unpaired) electrons. The Morgan fingerprint density at radius 1 is 1.45 bits per heavy atom. The van der Waals surface area contributed by atoms with E-state index in [0.29, 0.717) is 24.8 Å². The van der Waals surface area contributed by atoms with Crippen LogP contribution < -0.4 is 20.1 Å². The number of hydrogen-bond acceptors (Lipinski definition) is 6. The smallest absolute Gasteiger partial charge is 0.286 e. The molecule has 0 spiro atoms. The number of nitro benzene ring substituents is 1. The van der Waals surface area contributed by atoms with Crippen LogP contribution in [0.5, 0.6) is 11.5 Å². The first-order valence-electron chi connectivity index (χ1n) is 7.05. The van der Waals surface area contributed by atoms with Crippen LogP contribution >= 0.6 is 0 Å². The molecule has 120 valence electrons. The van der Waals surface area contributed by atoms with Gasteiger partial charge in [0.05, 0.1) is 24.7 Å². The molecule has 1 saturated heterocycles. The van der Waals surface area contributed by atoms with Crippen molar-refractivity contribution in [3.63, 3.8) is 0 Å². The van der Waals surface area contributed by atoms with Crippen LogP contribution in [0.4, 0.5) is 5.69 Å². The first-order valence-corrected chi connectivity index (χ1v) is 7.05. The Bertz CT molecular complexity index is 572. The summed E-state index contributed by atoms with van der Waals surface area (Å²) in [4.78, 5) is 22.8. The van der Waals surface area contributed by atoms with Crippen LogP contribution in [0.3, 0.4) is 0 Å². The van der Waals surface area contributed by atoms with Crippen LogP contribution in [0.2, 0.25) is 0 Å². The highest BCUT2D eigenvalue weighted by Crippen LogP contribution is 2.34. The molecule has 0 saturated carbocycles. The highest BCUT2D eigenvalue weighted by molar-refractivity contribution is 5.99. The van der Waals surface area contributed by atoms with Gasteiger partial charge in [0, 0.05) is 31.6 Å². The van der Waals surface area contributed by atoms with E-state index < -0.39 is 10.8 Å². The fourth-order valence-corrected chi connectivity index (χ4v) is 2.14. The third-order valence-electron chi connectivity index (χ3n) is 3.44. The molecule has 1 fully saturated rings. The molecule has 1 aromatic rings. The van der Waals surface area contributed by atoms with E-state index in [1.54, 1.807) is 6.92 Å². The topological polar surface area (TPSA) is 103 Å². The number of nitro groups is 1. The van der Waals surface area contributed by atoms with E-state index in [9.17, 15) is 14.9 Å². The first kappa shape index (κ1) is 16.0. The lowest BCUT2D eigenvalue weighted by atomic mass is 10.0. The summed E-state index contributed by atoms with van der Waals surface area (Å²) >= 11 is 0. The molecule has 2 rings (SSSR count). The van der Waals surface area contributed by atoms with Gasteiger partial charge in [0.2, 0.25) is 0 Å². The third kappa shape index (κ3) is 3.45. The number of hydrogen-bond donors (Lipinski definition) is 2. The van der Waals surface area contributed by atoms with Crippen LogP contribution in [0, 0.1) is 16.0 Å². The largest absolute Gasteiger partial charge is 0.493 e. The lowest BCUT2D eigenvalue weighted by molar-refractivity contribution is -0.385. The van der Waals surface area contributed by atoms with Crippen molar-refractivity contribution in [2.75, 3.05) is 33.4 Å². The van der Waals surface area contributed by atoms with Crippen molar-refractivity contribution in [3.8, 4) is 11.5 Å². The van der Waals surface area contributed by atoms with E-state index in [4.69, 9.17) is 9.47 Å². The van der Waals surface area contributed by atoms with Crippen molar-refractivity contribution in [3.05, 3.63) is 27.8 Å². The normalized spacial score (nSPS) is 14.1. The summed E-state index contributed by atoms with van der Waals surface area (Å²) in [5.41, 5.74) is -0.328. The SMILES string of the molecule is CCOc1cc([N+](=O)[O-])c(C(=O)NCC2CNC2)cc1OC. The van der Waals surface area contributed by atoms with Gasteiger partial charge in [-0.3, -0.25) is 14.9 Å². The second kappa shape index (κ2) is 7.08. The van der Waals surface area contributed by atoms with Gasteiger partial charge in [-0.2, -0.15) is 0 Å². The van der Waals surface area contributed by atoms with Gasteiger partial charge in [0.15, 0.2) is 11.5 Å². The third-order valence-corrected chi connectivity index (χ3v) is 3.44. The van der Waals surface area contributed by atoms with Crippen molar-refractivity contribution >= 4 is 11.6 Å². The number of rotatable bonds is 7. The van der Waals surface area contributed by atoms with Gasteiger partial charge < -0.3 is 20.1 Å². The molecule has 8 heteroatoms. The number of carbonyl (C=O) groups excluding carboxylic acids is 1. The van der Waals surface area contributed by atoms with Gasteiger partial charge in [-0.25, -0.2) is 0 Å². The van der Waals surface area contributed by atoms with E-state index >= 15 is 0 Å². The maximum Gasteiger partial charge on any atom is 0.286 e. The molecule has 8 nitrogen and oxygen atoms in total. The maximum absolute atomic E-state index is 12.2. The van der Waals surface area contributed by atoms with E-state index in [-0.39, 0.29) is 17.0 Å². The van der Waals surface area contributed by atoms with Crippen LogP contribution in [-0.2, 0) is 0 Å². The summed E-state index contributed by atoms with van der Waals surface area (Å²) in [5, 5.41) is 17.0. The summed E-state index contributed by atoms with van der Waals surface area (Å²) in [7, 11) is 1.42. The van der Waals surface area contributed by atoms with Gasteiger partial charge in [0.1, 0.15) is 5.56 Å². The molecule has 1 amide bonds. The van der Waals surface area contributed by atoms with Gasteiger partial charge in [-0.05, 0) is 6.92 Å². The maximum atomic E-state index is 12.2. The van der Waals surface area contributed by atoms with E-state index in [1.165, 1.54) is 19.2 Å². The predicted molar refractivity (Wildman–Crippen MR) is 79.5 cm³/mol. The lowest BCUT2D eigenvalue weighted by Gasteiger charge is -2.27. The van der Waals surface area contributed by atoms with Crippen LogP contribution in [0.1, 0.15) is 17.3 Å². The van der Waals surface area contributed by atoms with Gasteiger partial charge >= 0.3 is 0 Å². The van der Waals surface area contributed by atoms with Crippen LogP contribution in [0.15, 0.2) is 12.1 Å². The van der Waals surface area contributed by atoms with Crippen molar-refractivity contribution in [1.29, 1.82) is 0 Å². The summed E-state index contributed by atoms with van der Waals surface area (Å²) in [6.45, 7) is 4.27. The number of benzene rings is 1. The van der Waals surface area contributed by atoms with E-state index in [2.05, 4.69) is 10.6 Å². The molecular formula is C14H19N3O5. The number of nitrogens with one attached hydrogen (secondary N) is 2. The quantitative estimate of drug-likeness (QED) is 0.574. The van der Waals surface area contributed by atoms with Crippen molar-refractivity contribution in [1.82, 2.24) is 10.6 Å². The zero-order valence-electron chi connectivity index (χ0n) is 12.5. The number of ether oxygens (including phenoxy) is 2. The summed E-state index contributed by atoms with van der Waals surface area (Å²) in [6, 6.07) is 2.57. The fraction of sp³-hybridized carbons (Fsp3) is 0.500. The summed E-state index contributed by atoms with van der Waals surface area (Å²) in [6.07, 6.45) is 0. The zero-order chi connectivity index (χ0) is 16.1. The second-order valence-corrected chi connectivity index (χ2v) is 4.94. The molecule has 1 aliphatic heterocycles. The molecule has 1 aromatic carbocycles. The average Bonchev–Trinajstić information content (AvgIpc) is 2.45. The number of nitrogens with zero attached hydrogens (tertiary/aromatic N) is 1. The fourth-order valence-electron chi connectivity index (χ4n) is 2.14. The van der Waals surface area contributed by atoms with Gasteiger partial charge in [0.25, 0.3) is 11.6 Å². The monoisotopic (exact) mass is 309 g/mol. The van der Waals surface area contributed by atoms with Gasteiger partial charge in [-0.1, -0.05) is 0 Å². The van der Waals surface area contributed by atoms with Crippen molar-refractivity contribution in [2.24, 2.45) is 5.92 Å². The molecule has 22 heavy (non-hydrogen) atoms. The Balaban J connectivity index is 2.26. The van der Waals surface area contributed by atoms with Crippen molar-refractivity contribution in [2.45, 2.75) is 6.92 Å². The second-order valence-electron chi connectivity index (χ2n) is 4.94. The highest BCUT2D eigenvalue weighted by Gasteiger charge is 2.26.